The highest BCUT2D eigenvalue weighted by atomic mass is 16.3. The lowest BCUT2D eigenvalue weighted by Crippen LogP contribution is -2.44. The molecule has 3 rings (SSSR count). The Morgan fingerprint density at radius 1 is 1.00 bits per heavy atom. The van der Waals surface area contributed by atoms with Gasteiger partial charge in [-0.3, -0.25) is 9.59 Å². The van der Waals surface area contributed by atoms with Crippen LogP contribution in [-0.2, 0) is 4.79 Å². The van der Waals surface area contributed by atoms with Crippen molar-refractivity contribution in [2.45, 2.75) is 37.7 Å². The molecule has 0 radical (unpaired) electrons. The molecule has 1 atom stereocenters. The van der Waals surface area contributed by atoms with Crippen LogP contribution >= 0.6 is 0 Å². The van der Waals surface area contributed by atoms with Crippen LogP contribution in [0.5, 0.6) is 0 Å². The number of β-amino-alcohol motifs (C(OH)–C–C–N with tert-alkyl or cyclic N) is 1. The van der Waals surface area contributed by atoms with E-state index in [2.05, 4.69) is 10.2 Å². The number of amides is 2. The van der Waals surface area contributed by atoms with Gasteiger partial charge in [0.05, 0.1) is 12.1 Å². The molecule has 2 fully saturated rings. The number of hydrogen-bond acceptors (Lipinski definition) is 4. The zero-order valence-electron chi connectivity index (χ0n) is 15.3. The minimum absolute atomic E-state index is 0.00171. The normalized spacial score (nSPS) is 24.3. The van der Waals surface area contributed by atoms with Crippen molar-refractivity contribution in [3.05, 3.63) is 35.9 Å². The first kappa shape index (κ1) is 18.9. The molecular weight excluding hydrogens is 330 g/mol. The van der Waals surface area contributed by atoms with Crippen LogP contribution in [0.25, 0.3) is 0 Å². The van der Waals surface area contributed by atoms with Gasteiger partial charge < -0.3 is 20.2 Å². The lowest BCUT2D eigenvalue weighted by Gasteiger charge is -2.31. The van der Waals surface area contributed by atoms with E-state index in [4.69, 9.17) is 0 Å². The highest BCUT2D eigenvalue weighted by Crippen LogP contribution is 2.25. The first-order valence-electron chi connectivity index (χ1n) is 9.62. The molecule has 0 spiro atoms. The summed E-state index contributed by atoms with van der Waals surface area (Å²) >= 11 is 0. The van der Waals surface area contributed by atoms with E-state index >= 15 is 0 Å². The predicted molar refractivity (Wildman–Crippen MR) is 99.8 cm³/mol. The molecule has 2 amide bonds. The summed E-state index contributed by atoms with van der Waals surface area (Å²) in [6, 6.07) is 8.90. The molecule has 2 aliphatic heterocycles. The van der Waals surface area contributed by atoms with E-state index in [1.54, 1.807) is 29.2 Å². The summed E-state index contributed by atoms with van der Waals surface area (Å²) in [5.41, 5.74) is -0.150. The maximum atomic E-state index is 12.5. The number of likely N-dealkylation sites (tertiary alicyclic amines) is 2. The summed E-state index contributed by atoms with van der Waals surface area (Å²) in [6.45, 7) is 4.03. The number of aliphatic hydroxyl groups is 1. The quantitative estimate of drug-likeness (QED) is 0.830. The monoisotopic (exact) mass is 359 g/mol. The van der Waals surface area contributed by atoms with Crippen LogP contribution in [0, 0.1) is 0 Å². The fourth-order valence-corrected chi connectivity index (χ4v) is 3.90. The van der Waals surface area contributed by atoms with Crippen molar-refractivity contribution in [3.8, 4) is 0 Å². The summed E-state index contributed by atoms with van der Waals surface area (Å²) < 4.78 is 0. The lowest BCUT2D eigenvalue weighted by atomic mass is 9.94. The van der Waals surface area contributed by atoms with Gasteiger partial charge >= 0.3 is 0 Å². The van der Waals surface area contributed by atoms with Crippen LogP contribution in [0.15, 0.2) is 30.3 Å². The van der Waals surface area contributed by atoms with E-state index in [0.29, 0.717) is 31.6 Å². The Kier molecular flexibility index (Phi) is 6.27. The number of nitrogens with one attached hydrogen (secondary N) is 1. The summed E-state index contributed by atoms with van der Waals surface area (Å²) in [5, 5.41) is 13.6. The van der Waals surface area contributed by atoms with E-state index in [-0.39, 0.29) is 18.4 Å². The second kappa shape index (κ2) is 8.64. The molecule has 6 nitrogen and oxygen atoms in total. The average molecular weight is 359 g/mol. The smallest absolute Gasteiger partial charge is 0.251 e. The van der Waals surface area contributed by atoms with Crippen molar-refractivity contribution in [2.75, 3.05) is 39.3 Å². The molecule has 26 heavy (non-hydrogen) atoms. The number of hydrogen-bond donors (Lipinski definition) is 2. The van der Waals surface area contributed by atoms with Gasteiger partial charge in [-0.05, 0) is 57.3 Å². The molecule has 1 aromatic carbocycles. The molecule has 1 aromatic rings. The van der Waals surface area contributed by atoms with Crippen molar-refractivity contribution in [2.24, 2.45) is 0 Å². The Bertz CT molecular complexity index is 616. The molecule has 142 valence electrons. The number of carbonyl (C=O) groups is 2. The zero-order valence-corrected chi connectivity index (χ0v) is 15.3. The van der Waals surface area contributed by atoms with Gasteiger partial charge in [0.15, 0.2) is 0 Å². The van der Waals surface area contributed by atoms with Gasteiger partial charge in [-0.15, -0.1) is 0 Å². The van der Waals surface area contributed by atoms with Gasteiger partial charge in [-0.2, -0.15) is 0 Å². The molecule has 6 heteroatoms. The Hall–Kier alpha value is -1.92. The second-order valence-electron chi connectivity index (χ2n) is 7.49. The highest BCUT2D eigenvalue weighted by Gasteiger charge is 2.33. The van der Waals surface area contributed by atoms with Gasteiger partial charge in [0, 0.05) is 25.2 Å². The van der Waals surface area contributed by atoms with Crippen molar-refractivity contribution >= 4 is 11.8 Å². The highest BCUT2D eigenvalue weighted by molar-refractivity contribution is 5.96. The molecule has 2 heterocycles. The first-order chi connectivity index (χ1) is 12.6. The molecular formula is C20H29N3O3. The van der Waals surface area contributed by atoms with Gasteiger partial charge in [-0.1, -0.05) is 18.2 Å². The predicted octanol–water partition coefficient (Wildman–Crippen LogP) is 1.26. The molecule has 2 N–H and O–H groups in total. The van der Waals surface area contributed by atoms with Crippen LogP contribution in [0.2, 0.25) is 0 Å². The van der Waals surface area contributed by atoms with Crippen LogP contribution in [-0.4, -0.2) is 71.6 Å². The van der Waals surface area contributed by atoms with Crippen molar-refractivity contribution in [3.63, 3.8) is 0 Å². The number of rotatable bonds is 5. The average Bonchev–Trinajstić information content (AvgIpc) is 3.07. The third-order valence-electron chi connectivity index (χ3n) is 5.42. The topological polar surface area (TPSA) is 72.9 Å². The molecule has 0 aromatic heterocycles. The first-order valence-corrected chi connectivity index (χ1v) is 9.62. The minimum Gasteiger partial charge on any atom is -0.388 e. The SMILES string of the molecule is O=C(NCC(=O)N1CCCC(O)(CN2CCCC2)CC1)c1ccccc1. The molecule has 0 aliphatic carbocycles. The van der Waals surface area contributed by atoms with Crippen LogP contribution < -0.4 is 5.32 Å². The van der Waals surface area contributed by atoms with Crippen molar-refractivity contribution in [1.29, 1.82) is 0 Å². The Morgan fingerprint density at radius 3 is 2.46 bits per heavy atom. The third-order valence-corrected chi connectivity index (χ3v) is 5.42. The van der Waals surface area contributed by atoms with Crippen LogP contribution in [0.1, 0.15) is 42.5 Å². The van der Waals surface area contributed by atoms with E-state index in [1.807, 2.05) is 6.07 Å². The van der Waals surface area contributed by atoms with E-state index < -0.39 is 5.60 Å². The largest absolute Gasteiger partial charge is 0.388 e. The summed E-state index contributed by atoms with van der Waals surface area (Å²) in [5.74, 6) is -0.320. The Morgan fingerprint density at radius 2 is 1.73 bits per heavy atom. The molecule has 0 saturated carbocycles. The van der Waals surface area contributed by atoms with Gasteiger partial charge in [-0.25, -0.2) is 0 Å². The summed E-state index contributed by atoms with van der Waals surface area (Å²) in [4.78, 5) is 28.6. The zero-order chi connectivity index (χ0) is 18.4. The van der Waals surface area contributed by atoms with Gasteiger partial charge in [0.2, 0.25) is 5.91 Å². The van der Waals surface area contributed by atoms with Crippen LogP contribution in [0.4, 0.5) is 0 Å². The molecule has 2 aliphatic rings. The third kappa shape index (κ3) is 5.05. The lowest BCUT2D eigenvalue weighted by molar-refractivity contribution is -0.130. The minimum atomic E-state index is -0.702. The van der Waals surface area contributed by atoms with E-state index in [0.717, 1.165) is 25.9 Å². The second-order valence-corrected chi connectivity index (χ2v) is 7.49. The Labute approximate surface area is 155 Å². The van der Waals surface area contributed by atoms with Gasteiger partial charge in [0.25, 0.3) is 5.91 Å². The van der Waals surface area contributed by atoms with E-state index in [9.17, 15) is 14.7 Å². The fraction of sp³-hybridized carbons (Fsp3) is 0.600. The Balaban J connectivity index is 1.47. The number of nitrogens with zero attached hydrogens (tertiary/aromatic N) is 2. The van der Waals surface area contributed by atoms with E-state index in [1.165, 1.54) is 12.8 Å². The maximum absolute atomic E-state index is 12.5. The standard InChI is InChI=1S/C20H29N3O3/c24-18(15-21-19(25)17-7-2-1-3-8-17)23-13-6-9-20(26,10-14-23)16-22-11-4-5-12-22/h1-3,7-8,26H,4-6,9-16H2,(H,21,25). The van der Waals surface area contributed by atoms with Gasteiger partial charge in [0.1, 0.15) is 0 Å². The van der Waals surface area contributed by atoms with Crippen LogP contribution in [0.3, 0.4) is 0 Å². The molecule has 1 unspecified atom stereocenters. The van der Waals surface area contributed by atoms with Crippen molar-refractivity contribution in [1.82, 2.24) is 15.1 Å². The summed E-state index contributed by atoms with van der Waals surface area (Å²) in [6.07, 6.45) is 4.54. The number of benzene rings is 1. The molecule has 2 saturated heterocycles. The fourth-order valence-electron chi connectivity index (χ4n) is 3.90. The maximum Gasteiger partial charge on any atom is 0.251 e. The molecule has 0 bridgehead atoms. The number of carbonyl (C=O) groups excluding carboxylic acids is 2. The summed E-state index contributed by atoms with van der Waals surface area (Å²) in [7, 11) is 0. The van der Waals surface area contributed by atoms with Crippen molar-refractivity contribution < 1.29 is 14.7 Å².